The first-order valence-electron chi connectivity index (χ1n) is 11.3. The number of aromatic nitrogens is 1. The lowest BCUT2D eigenvalue weighted by atomic mass is 9.84. The van der Waals surface area contributed by atoms with E-state index in [2.05, 4.69) is 16.2 Å². The van der Waals surface area contributed by atoms with E-state index in [1.807, 2.05) is 12.1 Å². The second-order valence-electron chi connectivity index (χ2n) is 9.19. The Bertz CT molecular complexity index is 1250. The van der Waals surface area contributed by atoms with Crippen LogP contribution >= 0.6 is 11.6 Å². The number of alkyl halides is 3. The van der Waals surface area contributed by atoms with Gasteiger partial charge in [0.05, 0.1) is 11.1 Å². The largest absolute Gasteiger partial charge is 0.624 e. The highest BCUT2D eigenvalue weighted by Crippen LogP contribution is 2.30. The molecular weight excluding hydrogens is 509 g/mol. The first kappa shape index (κ1) is 28.0. The van der Waals surface area contributed by atoms with E-state index < -0.39 is 29.3 Å². The smallest absolute Gasteiger partial charge is 0.417 e. The minimum absolute atomic E-state index is 0.00239. The topological polar surface area (TPSA) is 101 Å². The van der Waals surface area contributed by atoms with E-state index in [1.165, 1.54) is 20.1 Å². The average molecular weight is 535 g/mol. The van der Waals surface area contributed by atoms with Crippen LogP contribution in [-0.4, -0.2) is 45.9 Å². The molecule has 1 aliphatic heterocycles. The van der Waals surface area contributed by atoms with Gasteiger partial charge in [0.1, 0.15) is 0 Å². The molecule has 11 heteroatoms. The molecule has 196 valence electrons. The Balaban J connectivity index is 1.81. The van der Waals surface area contributed by atoms with E-state index in [0.29, 0.717) is 33.5 Å². The van der Waals surface area contributed by atoms with Crippen LogP contribution < -0.4 is 10.1 Å². The number of carbonyl (C=O) groups excluding carboxylic acids is 1. The monoisotopic (exact) mass is 534 g/mol. The first-order chi connectivity index (χ1) is 17.3. The summed E-state index contributed by atoms with van der Waals surface area (Å²) in [6.45, 7) is 4.73. The lowest BCUT2D eigenvalue weighted by molar-refractivity contribution is -0.443. The number of amides is 1. The number of hydrogen-bond donors (Lipinski definition) is 2. The number of nitrogens with one attached hydrogen (secondary N) is 2. The van der Waals surface area contributed by atoms with Gasteiger partial charge in [-0.1, -0.05) is 23.7 Å². The summed E-state index contributed by atoms with van der Waals surface area (Å²) in [6.07, 6.45) is -0.315. The summed E-state index contributed by atoms with van der Waals surface area (Å²) in [6, 6.07) is 8.56. The Labute approximate surface area is 217 Å². The number of ether oxygens (including phenoxy) is 1. The maximum Gasteiger partial charge on any atom is 0.417 e. The highest BCUT2D eigenvalue weighted by atomic mass is 35.5. The number of halogens is 4. The number of benzene rings is 1. The van der Waals surface area contributed by atoms with Gasteiger partial charge in [0.2, 0.25) is 5.88 Å². The van der Waals surface area contributed by atoms with Crippen molar-refractivity contribution < 1.29 is 27.4 Å². The minimum Gasteiger partial charge on any atom is -0.624 e. The molecule has 0 bridgehead atoms. The van der Waals surface area contributed by atoms with Crippen molar-refractivity contribution in [3.8, 4) is 5.88 Å². The summed E-state index contributed by atoms with van der Waals surface area (Å²) in [7, 11) is 0. The number of hydroxylamine groups is 1. The third kappa shape index (κ3) is 7.44. The molecule has 37 heavy (non-hydrogen) atoms. The van der Waals surface area contributed by atoms with Crippen molar-refractivity contribution in [2.75, 3.05) is 6.54 Å². The molecule has 7 nitrogen and oxygen atoms in total. The van der Waals surface area contributed by atoms with Crippen LogP contribution in [0, 0.1) is 16.5 Å². The van der Waals surface area contributed by atoms with Crippen molar-refractivity contribution in [1.82, 2.24) is 10.3 Å². The predicted octanol–water partition coefficient (Wildman–Crippen LogP) is 4.97. The predicted molar refractivity (Wildman–Crippen MR) is 134 cm³/mol. The van der Waals surface area contributed by atoms with Gasteiger partial charge in [0, 0.05) is 34.8 Å². The van der Waals surface area contributed by atoms with E-state index in [-0.39, 0.29) is 18.3 Å². The maximum absolute atomic E-state index is 13.2. The normalized spacial score (nSPS) is 15.7. The zero-order chi connectivity index (χ0) is 27.4. The molecule has 1 aromatic carbocycles. The molecule has 2 aromatic rings. The van der Waals surface area contributed by atoms with Gasteiger partial charge in [0.15, 0.2) is 18.4 Å². The van der Waals surface area contributed by atoms with Gasteiger partial charge in [-0.3, -0.25) is 10.2 Å². The van der Waals surface area contributed by atoms with Crippen molar-refractivity contribution >= 4 is 29.6 Å². The quantitative estimate of drug-likeness (QED) is 0.283. The molecule has 0 aliphatic carbocycles. The zero-order valence-electron chi connectivity index (χ0n) is 20.4. The summed E-state index contributed by atoms with van der Waals surface area (Å²) < 4.78 is 44.7. The third-order valence-electron chi connectivity index (χ3n) is 5.85. The third-order valence-corrected chi connectivity index (χ3v) is 6.10. The lowest BCUT2D eigenvalue weighted by Crippen LogP contribution is -2.51. The Kier molecular flexibility index (Phi) is 8.46. The molecule has 0 saturated carbocycles. The molecule has 1 amide bonds. The molecule has 3 rings (SSSR count). The van der Waals surface area contributed by atoms with E-state index in [9.17, 15) is 23.2 Å². The Hall–Kier alpha value is -3.62. The molecule has 0 saturated heterocycles. The molecule has 0 spiro atoms. The highest BCUT2D eigenvalue weighted by Gasteiger charge is 2.35. The fraction of sp³-hybridized carbons (Fsp3) is 0.346. The standard InChI is InChI=1S/C26H26ClF3N4O3/c1-16(33-24(35)25(2,3)37-23-9-6-20(13-32-23)26(28,29)30)22(11-17-4-7-21(27)8-5-17)19-10-18(12-31)14-34(36)15-19/h4-10,13,15-16,22,31H,11,14H2,1-3H3,(H,33,35). The van der Waals surface area contributed by atoms with Crippen LogP contribution in [0.2, 0.25) is 5.02 Å². The van der Waals surface area contributed by atoms with Crippen molar-refractivity contribution in [2.45, 2.75) is 45.0 Å². The SMILES string of the molecule is CC(NC(=O)C(C)(C)Oc1ccc(C(F)(F)F)cn1)C(Cc1ccc(Cl)cc1)C1=CC(=C=N)C[N+]([O-])=C1. The molecule has 1 aromatic heterocycles. The molecule has 1 aliphatic rings. The number of pyridine rings is 1. The van der Waals surface area contributed by atoms with Gasteiger partial charge in [-0.05, 0) is 62.9 Å². The molecule has 2 N–H and O–H groups in total. The summed E-state index contributed by atoms with van der Waals surface area (Å²) >= 11 is 6.00. The van der Waals surface area contributed by atoms with Gasteiger partial charge >= 0.3 is 6.18 Å². The second kappa shape index (κ2) is 11.2. The Morgan fingerprint density at radius 3 is 2.51 bits per heavy atom. The maximum atomic E-state index is 13.2. The number of nitrogens with zero attached hydrogens (tertiary/aromatic N) is 2. The van der Waals surface area contributed by atoms with E-state index >= 15 is 0 Å². The zero-order valence-corrected chi connectivity index (χ0v) is 21.2. The van der Waals surface area contributed by atoms with Crippen molar-refractivity contribution in [1.29, 1.82) is 5.41 Å². The molecule has 0 fully saturated rings. The van der Waals surface area contributed by atoms with Crippen molar-refractivity contribution in [2.24, 2.45) is 5.92 Å². The number of hydrogen-bond acceptors (Lipinski definition) is 5. The van der Waals surface area contributed by atoms with Gasteiger partial charge in [0.25, 0.3) is 5.91 Å². The average Bonchev–Trinajstić information content (AvgIpc) is 2.82. The highest BCUT2D eigenvalue weighted by molar-refractivity contribution is 6.30. The fourth-order valence-corrected chi connectivity index (χ4v) is 3.92. The van der Waals surface area contributed by atoms with E-state index in [1.54, 1.807) is 25.1 Å². The fourth-order valence-electron chi connectivity index (χ4n) is 3.80. The van der Waals surface area contributed by atoms with Crippen LogP contribution in [0.1, 0.15) is 31.9 Å². The van der Waals surface area contributed by atoms with Crippen LogP contribution in [0.5, 0.6) is 5.88 Å². The van der Waals surface area contributed by atoms with Crippen LogP contribution in [0.4, 0.5) is 13.2 Å². The first-order valence-corrected chi connectivity index (χ1v) is 11.7. The van der Waals surface area contributed by atoms with Gasteiger partial charge in [-0.15, -0.1) is 0 Å². The molecule has 2 atom stereocenters. The molecule has 0 radical (unpaired) electrons. The van der Waals surface area contributed by atoms with Crippen LogP contribution in [0.3, 0.4) is 0 Å². The van der Waals surface area contributed by atoms with Gasteiger partial charge in [-0.2, -0.15) is 13.2 Å². The Morgan fingerprint density at radius 2 is 1.95 bits per heavy atom. The number of carbonyl (C=O) groups is 1. The summed E-state index contributed by atoms with van der Waals surface area (Å²) in [5.41, 5.74) is -0.464. The molecule has 2 unspecified atom stereocenters. The Morgan fingerprint density at radius 1 is 1.27 bits per heavy atom. The minimum atomic E-state index is -4.54. The van der Waals surface area contributed by atoms with Gasteiger partial charge in [-0.25, -0.2) is 9.72 Å². The summed E-state index contributed by atoms with van der Waals surface area (Å²) in [5.74, 6) is 1.23. The second-order valence-corrected chi connectivity index (χ2v) is 9.63. The molecule has 2 heterocycles. The van der Waals surface area contributed by atoms with E-state index in [4.69, 9.17) is 21.7 Å². The number of rotatable bonds is 8. The lowest BCUT2D eigenvalue weighted by Gasteiger charge is -2.31. The van der Waals surface area contributed by atoms with Crippen molar-refractivity contribution in [3.05, 3.63) is 81.2 Å². The van der Waals surface area contributed by atoms with E-state index in [0.717, 1.165) is 17.7 Å². The van der Waals surface area contributed by atoms with Crippen LogP contribution in [-0.2, 0) is 17.4 Å². The van der Waals surface area contributed by atoms with Crippen LogP contribution in [0.25, 0.3) is 0 Å². The van der Waals surface area contributed by atoms with Crippen LogP contribution in [0.15, 0.2) is 59.8 Å². The summed E-state index contributed by atoms with van der Waals surface area (Å²) in [4.78, 5) is 16.8. The molecular formula is C26H26ClF3N4O3. The summed E-state index contributed by atoms with van der Waals surface area (Å²) in [5, 5.41) is 23.1. The van der Waals surface area contributed by atoms with Crippen molar-refractivity contribution in [3.63, 3.8) is 0 Å². The van der Waals surface area contributed by atoms with Gasteiger partial charge < -0.3 is 15.3 Å².